The van der Waals surface area contributed by atoms with Gasteiger partial charge in [0, 0.05) is 140 Å². The van der Waals surface area contributed by atoms with Crippen LogP contribution in [0.5, 0.6) is 0 Å². The fourth-order valence-corrected chi connectivity index (χ4v) is 14.3. The first kappa shape index (κ1) is 57.2. The van der Waals surface area contributed by atoms with E-state index >= 15 is 0 Å². The second kappa shape index (κ2) is 23.6. The molecule has 13 heterocycles. The van der Waals surface area contributed by atoms with E-state index in [0.29, 0.717) is 163 Å². The summed E-state index contributed by atoms with van der Waals surface area (Å²) in [6, 6.07) is 33.7. The molecule has 12 bridgehead atoms. The highest BCUT2D eigenvalue weighted by Crippen LogP contribution is 2.44. The lowest BCUT2D eigenvalue weighted by atomic mass is 10.0. The molecule has 10 aliphatic heterocycles. The van der Waals surface area contributed by atoms with Gasteiger partial charge >= 0.3 is 0 Å². The van der Waals surface area contributed by atoms with E-state index in [1.807, 2.05) is 121 Å². The van der Waals surface area contributed by atoms with Crippen LogP contribution in [-0.2, 0) is 38.4 Å². The minimum Gasteiger partial charge on any atom is -0.354 e. The third-order valence-corrected chi connectivity index (χ3v) is 18.7. The predicted molar refractivity (Wildman–Crippen MR) is 352 cm³/mol. The molecule has 4 fully saturated rings. The van der Waals surface area contributed by atoms with Gasteiger partial charge in [-0.25, -0.2) is 9.97 Å². The molecule has 0 saturated carbocycles. The Balaban J connectivity index is 1.06. The molecule has 20 heteroatoms. The van der Waals surface area contributed by atoms with E-state index in [0.717, 1.165) is 0 Å². The van der Waals surface area contributed by atoms with Crippen molar-refractivity contribution in [3.63, 3.8) is 0 Å². The molecular weight excluding hydrogens is 1160 g/mol. The number of nitrogens with one attached hydrogen (secondary N) is 6. The van der Waals surface area contributed by atoms with Gasteiger partial charge in [0.2, 0.25) is 47.3 Å². The summed E-state index contributed by atoms with van der Waals surface area (Å²) in [5.41, 5.74) is 10.5. The highest BCUT2D eigenvalue weighted by Gasteiger charge is 2.39. The van der Waals surface area contributed by atoms with Gasteiger partial charge in [0.05, 0.1) is 22.8 Å². The van der Waals surface area contributed by atoms with E-state index in [4.69, 9.17) is 9.97 Å². The molecule has 458 valence electrons. The number of hydrogen-bond acceptors (Lipinski definition) is 10. The highest BCUT2D eigenvalue weighted by molar-refractivity contribution is 6.11. The standard InChI is InChI=1S/C72H62N12O8/c85-61-33-34-62(86)82-38-12-24-60(82)72(92)80-48-20-8-4-16-44(48)68-55-31-29-53(75-55)66-42-14-2-6-18-46(42)78-70(90)58-22-10-39-83(58)63(87)35-36-64(88)84-40-11-23-59(84)71(91)79-47-19-7-3-15-43(47)67(54-30-32-56(68)76-54)52-28-26-50(74-52)65(49-25-27-51(66)73-49)41-13-1-5-17-45(41)77-69(89)57-21-9-37-81(57)61/h1-8,13-20,25-36,57-60,73,76H,9-12,21-24,37-40H2,(H,77,89)(H,78,90)(H,79,91)(H,80,92)/b34-33-,36-35?,65-49?,65-50?,66-51?,66-53?,67-52?,67-54?,68-55?,68-56?/t57-,58-,59-,60-/m0/s1. The molecule has 10 aliphatic rings. The predicted octanol–water partition coefficient (Wildman–Crippen LogP) is 10.2. The summed E-state index contributed by atoms with van der Waals surface area (Å²) in [5.74, 6) is -3.78. The van der Waals surface area contributed by atoms with Gasteiger partial charge in [0.1, 0.15) is 24.2 Å². The third-order valence-electron chi connectivity index (χ3n) is 18.7. The zero-order valence-electron chi connectivity index (χ0n) is 49.9. The number of anilines is 4. The average Bonchev–Trinajstić information content (AvgIpc) is 2.00. The van der Waals surface area contributed by atoms with Crippen LogP contribution in [0.25, 0.3) is 90.9 Å². The molecule has 0 radical (unpaired) electrons. The molecule has 20 nitrogen and oxygen atoms in total. The summed E-state index contributed by atoms with van der Waals surface area (Å²) >= 11 is 0. The van der Waals surface area contributed by atoms with E-state index < -0.39 is 71.4 Å². The second-order valence-electron chi connectivity index (χ2n) is 24.1. The van der Waals surface area contributed by atoms with Gasteiger partial charge in [0.15, 0.2) is 0 Å². The van der Waals surface area contributed by atoms with Crippen molar-refractivity contribution in [2.24, 2.45) is 0 Å². The van der Waals surface area contributed by atoms with Crippen molar-refractivity contribution in [3.8, 4) is 44.5 Å². The largest absolute Gasteiger partial charge is 0.354 e. The molecule has 3 aromatic heterocycles. The first-order valence-electron chi connectivity index (χ1n) is 31.3. The molecule has 92 heavy (non-hydrogen) atoms. The first-order chi connectivity index (χ1) is 44.9. The molecule has 8 amide bonds. The lowest BCUT2D eigenvalue weighted by Crippen LogP contribution is -2.43. The summed E-state index contributed by atoms with van der Waals surface area (Å²) in [6.45, 7) is 1.12. The Morgan fingerprint density at radius 2 is 0.522 bits per heavy atom. The molecule has 0 unspecified atom stereocenters. The van der Waals surface area contributed by atoms with Gasteiger partial charge in [-0.3, -0.25) is 38.4 Å². The van der Waals surface area contributed by atoms with Crippen LogP contribution in [-0.4, -0.2) is 137 Å². The number of benzene rings is 4. The van der Waals surface area contributed by atoms with Gasteiger partial charge < -0.3 is 50.8 Å². The lowest BCUT2D eigenvalue weighted by Gasteiger charge is -2.24. The van der Waals surface area contributed by atoms with Crippen molar-refractivity contribution in [3.05, 3.63) is 168 Å². The minimum absolute atomic E-state index is 0.279. The van der Waals surface area contributed by atoms with Crippen molar-refractivity contribution in [2.45, 2.75) is 75.5 Å². The van der Waals surface area contributed by atoms with Crippen molar-refractivity contribution >= 4 is 116 Å². The maximum absolute atomic E-state index is 14.9. The van der Waals surface area contributed by atoms with Crippen LogP contribution in [0.1, 0.15) is 74.1 Å². The van der Waals surface area contributed by atoms with E-state index in [-0.39, 0.29) is 26.2 Å². The summed E-state index contributed by atoms with van der Waals surface area (Å²) in [7, 11) is 0. The highest BCUT2D eigenvalue weighted by atomic mass is 16.2. The maximum atomic E-state index is 14.9. The number of fused-ring (bicyclic) bond motifs is 8. The topological polar surface area (TPSA) is 255 Å². The molecule has 0 aliphatic carbocycles. The Morgan fingerprint density at radius 1 is 0.293 bits per heavy atom. The van der Waals surface area contributed by atoms with Gasteiger partial charge in [0.25, 0.3) is 0 Å². The van der Waals surface area contributed by atoms with Crippen LogP contribution < -0.4 is 21.3 Å². The van der Waals surface area contributed by atoms with Crippen LogP contribution in [0.3, 0.4) is 0 Å². The number of nitrogens with zero attached hydrogens (tertiary/aromatic N) is 6. The number of para-hydroxylation sites is 4. The smallest absolute Gasteiger partial charge is 0.247 e. The van der Waals surface area contributed by atoms with E-state index in [1.165, 1.54) is 43.9 Å². The SMILES string of the molecule is O=C1Nc2ccccc2-c2c3nc(c4c5ccc([nH]5)c(c5nc(c(c6ccc2[nH]6)-c2ccccc2NC(=O)[C@@H]2CCCN2C(=O)/C=C\C(=O)N2CCC[C@H]2C(=O)Nc2ccccc2-4)C=C5)-c2ccccc2NC(=O)[C@@H]2CCCN2C(=O)C=CC(=O)N2CCC[C@@H]12)C=C3. The van der Waals surface area contributed by atoms with Crippen molar-refractivity contribution in [2.75, 3.05) is 47.4 Å². The zero-order chi connectivity index (χ0) is 62.7. The third kappa shape index (κ3) is 10.3. The summed E-state index contributed by atoms with van der Waals surface area (Å²) < 4.78 is 0. The van der Waals surface area contributed by atoms with Gasteiger partial charge in [-0.2, -0.15) is 0 Å². The average molecular weight is 1220 g/mol. The molecule has 7 aromatic rings. The van der Waals surface area contributed by atoms with Crippen LogP contribution in [0.4, 0.5) is 22.7 Å². The fourth-order valence-electron chi connectivity index (χ4n) is 14.3. The summed E-state index contributed by atoms with van der Waals surface area (Å²) in [4.78, 5) is 141. The molecule has 4 saturated heterocycles. The number of rotatable bonds is 0. The van der Waals surface area contributed by atoms with E-state index in [9.17, 15) is 38.4 Å². The number of amides is 8. The number of aromatic amines is 2. The Bertz CT molecular complexity index is 4080. The van der Waals surface area contributed by atoms with Crippen LogP contribution >= 0.6 is 0 Å². The fraction of sp³-hybridized carbons (Fsp3) is 0.222. The normalized spacial score (nSPS) is 21.1. The maximum Gasteiger partial charge on any atom is 0.247 e. The van der Waals surface area contributed by atoms with E-state index in [1.54, 1.807) is 24.3 Å². The van der Waals surface area contributed by atoms with Gasteiger partial charge in [-0.1, -0.05) is 72.8 Å². The van der Waals surface area contributed by atoms with Crippen molar-refractivity contribution < 1.29 is 38.4 Å². The van der Waals surface area contributed by atoms with Crippen molar-refractivity contribution in [1.82, 2.24) is 39.5 Å². The Kier molecular flexibility index (Phi) is 14.7. The number of carbonyl (C=O) groups excluding carboxylic acids is 8. The van der Waals surface area contributed by atoms with Crippen LogP contribution in [0.15, 0.2) is 146 Å². The van der Waals surface area contributed by atoms with Crippen LogP contribution in [0, 0.1) is 0 Å². The molecule has 17 rings (SSSR count). The minimum atomic E-state index is -0.892. The van der Waals surface area contributed by atoms with Gasteiger partial charge in [-0.05, 0) is 124 Å². The van der Waals surface area contributed by atoms with E-state index in [2.05, 4.69) is 31.2 Å². The Morgan fingerprint density at radius 3 is 0.761 bits per heavy atom. The summed E-state index contributed by atoms with van der Waals surface area (Å²) in [5, 5.41) is 12.8. The number of aromatic nitrogens is 4. The van der Waals surface area contributed by atoms with Crippen LogP contribution in [0.2, 0.25) is 0 Å². The zero-order valence-corrected chi connectivity index (χ0v) is 49.9. The quantitative estimate of drug-likeness (QED) is 0.0837. The number of H-pyrrole nitrogens is 2. The Labute approximate surface area is 527 Å². The number of hydrogen-bond donors (Lipinski definition) is 6. The van der Waals surface area contributed by atoms with Gasteiger partial charge in [-0.15, -0.1) is 0 Å². The molecule has 4 aromatic carbocycles. The number of carbonyl (C=O) groups is 8. The lowest BCUT2D eigenvalue weighted by molar-refractivity contribution is -0.134. The molecule has 4 atom stereocenters. The van der Waals surface area contributed by atoms with Crippen molar-refractivity contribution in [1.29, 1.82) is 0 Å². The first-order valence-corrected chi connectivity index (χ1v) is 31.3. The molecular formula is C72H62N12O8. The molecule has 6 N–H and O–H groups in total. The molecule has 0 spiro atoms. The summed E-state index contributed by atoms with van der Waals surface area (Å²) in [6.07, 6.45) is 16.0. The second-order valence-corrected chi connectivity index (χ2v) is 24.1. The monoisotopic (exact) mass is 1220 g/mol. The Hall–Kier alpha value is -11.3.